The van der Waals surface area contributed by atoms with Crippen LogP contribution in [0.25, 0.3) is 0 Å². The fourth-order valence-electron chi connectivity index (χ4n) is 1.66. The van der Waals surface area contributed by atoms with Gasteiger partial charge in [-0.2, -0.15) is 0 Å². The number of benzene rings is 1. The fourth-order valence-corrected chi connectivity index (χ4v) is 3.00. The average molecular weight is 287 g/mol. The van der Waals surface area contributed by atoms with Crippen LogP contribution in [-0.4, -0.2) is 36.3 Å². The first-order chi connectivity index (χ1) is 8.74. The van der Waals surface area contributed by atoms with Crippen molar-refractivity contribution in [2.45, 2.75) is 37.3 Å². The maximum absolute atomic E-state index is 12.0. The number of aryl methyl sites for hydroxylation is 1. The highest BCUT2D eigenvalue weighted by Gasteiger charge is 2.28. The smallest absolute Gasteiger partial charge is 0.239 e. The van der Waals surface area contributed by atoms with Crippen LogP contribution in [0.2, 0.25) is 0 Å². The van der Waals surface area contributed by atoms with Gasteiger partial charge >= 0.3 is 0 Å². The second-order valence-electron chi connectivity index (χ2n) is 4.51. The highest BCUT2D eigenvalue weighted by atomic mass is 32.2. The molecule has 1 aromatic rings. The van der Waals surface area contributed by atoms with Crippen molar-refractivity contribution in [1.82, 2.24) is 0 Å². The molecule has 0 heterocycles. The number of rotatable bonds is 6. The quantitative estimate of drug-likeness (QED) is 0.626. The normalized spacial score (nSPS) is 14.9. The Hall–Kier alpha value is -1.47. The molecule has 1 N–H and O–H groups in total. The van der Waals surface area contributed by atoms with Crippen molar-refractivity contribution in [3.05, 3.63) is 39.9 Å². The summed E-state index contributed by atoms with van der Waals surface area (Å²) in [4.78, 5) is 10.2. The zero-order valence-corrected chi connectivity index (χ0v) is 11.6. The SMILES string of the molecule is Cc1ccc(S(=O)(=O)CCC(C(C)O)[N+](=O)[O-])cc1. The summed E-state index contributed by atoms with van der Waals surface area (Å²) >= 11 is 0. The molecule has 0 aromatic heterocycles. The van der Waals surface area contributed by atoms with E-state index >= 15 is 0 Å². The van der Waals surface area contributed by atoms with E-state index in [1.165, 1.54) is 19.1 Å². The maximum atomic E-state index is 12.0. The molecule has 19 heavy (non-hydrogen) atoms. The summed E-state index contributed by atoms with van der Waals surface area (Å²) in [5.41, 5.74) is 0.936. The van der Waals surface area contributed by atoms with Gasteiger partial charge in [0.1, 0.15) is 6.10 Å². The third-order valence-corrected chi connectivity index (χ3v) is 4.65. The van der Waals surface area contributed by atoms with E-state index in [-0.39, 0.29) is 17.1 Å². The van der Waals surface area contributed by atoms with Gasteiger partial charge in [-0.15, -0.1) is 0 Å². The fraction of sp³-hybridized carbons (Fsp3) is 0.500. The van der Waals surface area contributed by atoms with Gasteiger partial charge in [0, 0.05) is 11.3 Å². The second kappa shape index (κ2) is 6.12. The molecule has 0 bridgehead atoms. The Morgan fingerprint density at radius 3 is 2.26 bits per heavy atom. The number of nitro groups is 1. The van der Waals surface area contributed by atoms with Crippen LogP contribution in [0.3, 0.4) is 0 Å². The van der Waals surface area contributed by atoms with Gasteiger partial charge in [0.15, 0.2) is 9.84 Å². The Morgan fingerprint density at radius 2 is 1.84 bits per heavy atom. The molecule has 0 aliphatic carbocycles. The van der Waals surface area contributed by atoms with E-state index in [0.717, 1.165) is 5.56 Å². The van der Waals surface area contributed by atoms with Crippen LogP contribution in [0, 0.1) is 17.0 Å². The molecule has 6 nitrogen and oxygen atoms in total. The molecule has 0 radical (unpaired) electrons. The largest absolute Gasteiger partial charge is 0.386 e. The van der Waals surface area contributed by atoms with E-state index in [4.69, 9.17) is 0 Å². The molecule has 0 aliphatic rings. The van der Waals surface area contributed by atoms with Gasteiger partial charge in [-0.3, -0.25) is 10.1 Å². The molecular weight excluding hydrogens is 270 g/mol. The molecule has 1 rings (SSSR count). The first-order valence-electron chi connectivity index (χ1n) is 5.85. The summed E-state index contributed by atoms with van der Waals surface area (Å²) in [6.45, 7) is 3.12. The van der Waals surface area contributed by atoms with Crippen molar-refractivity contribution < 1.29 is 18.4 Å². The Kier molecular flexibility index (Phi) is 5.02. The average Bonchev–Trinajstić information content (AvgIpc) is 2.28. The molecule has 7 heteroatoms. The van der Waals surface area contributed by atoms with Crippen molar-refractivity contribution in [1.29, 1.82) is 0 Å². The molecule has 1 aromatic carbocycles. The number of aliphatic hydroxyl groups is 1. The summed E-state index contributed by atoms with van der Waals surface area (Å²) in [6.07, 6.45) is -1.39. The molecule has 106 valence electrons. The summed E-state index contributed by atoms with van der Waals surface area (Å²) in [5.74, 6) is -0.355. The topological polar surface area (TPSA) is 97.5 Å². The van der Waals surface area contributed by atoms with Gasteiger partial charge in [0.25, 0.3) is 0 Å². The summed E-state index contributed by atoms with van der Waals surface area (Å²) < 4.78 is 24.0. The van der Waals surface area contributed by atoms with Crippen molar-refractivity contribution in [3.8, 4) is 0 Å². The molecule has 0 aliphatic heterocycles. The predicted octanol–water partition coefficient (Wildman–Crippen LogP) is 1.18. The predicted molar refractivity (Wildman–Crippen MR) is 70.3 cm³/mol. The van der Waals surface area contributed by atoms with Crippen LogP contribution in [0.15, 0.2) is 29.2 Å². The molecule has 0 saturated carbocycles. The molecular formula is C12H17NO5S. The lowest BCUT2D eigenvalue weighted by Gasteiger charge is -2.12. The van der Waals surface area contributed by atoms with Gasteiger partial charge in [0.05, 0.1) is 10.6 Å². The number of aliphatic hydroxyl groups excluding tert-OH is 1. The lowest BCUT2D eigenvalue weighted by Crippen LogP contribution is -2.33. The Bertz CT molecular complexity index is 536. The zero-order chi connectivity index (χ0) is 14.6. The van der Waals surface area contributed by atoms with Crippen LogP contribution < -0.4 is 0 Å². The Morgan fingerprint density at radius 1 is 1.32 bits per heavy atom. The number of hydrogen-bond donors (Lipinski definition) is 1. The van der Waals surface area contributed by atoms with Crippen LogP contribution >= 0.6 is 0 Å². The first kappa shape index (κ1) is 15.6. The monoisotopic (exact) mass is 287 g/mol. The van der Waals surface area contributed by atoms with Crippen LogP contribution in [0.1, 0.15) is 18.9 Å². The maximum Gasteiger partial charge on any atom is 0.239 e. The summed E-state index contributed by atoms with van der Waals surface area (Å²) in [6, 6.07) is 5.04. The second-order valence-corrected chi connectivity index (χ2v) is 6.62. The van der Waals surface area contributed by atoms with E-state index in [1.54, 1.807) is 12.1 Å². The number of nitrogens with zero attached hydrogens (tertiary/aromatic N) is 1. The molecule has 2 atom stereocenters. The van der Waals surface area contributed by atoms with Crippen molar-refractivity contribution in [2.24, 2.45) is 0 Å². The zero-order valence-electron chi connectivity index (χ0n) is 10.8. The highest BCUT2D eigenvalue weighted by Crippen LogP contribution is 2.15. The molecule has 0 fully saturated rings. The molecule has 2 unspecified atom stereocenters. The van der Waals surface area contributed by atoms with Crippen molar-refractivity contribution >= 4 is 9.84 Å². The van der Waals surface area contributed by atoms with Gasteiger partial charge in [0.2, 0.25) is 6.04 Å². The number of sulfone groups is 1. The van der Waals surface area contributed by atoms with Gasteiger partial charge < -0.3 is 5.11 Å². The third kappa shape index (κ3) is 4.29. The highest BCUT2D eigenvalue weighted by molar-refractivity contribution is 7.91. The first-order valence-corrected chi connectivity index (χ1v) is 7.50. The Labute approximate surface area is 112 Å². The van der Waals surface area contributed by atoms with Crippen LogP contribution in [0.5, 0.6) is 0 Å². The molecule has 0 saturated heterocycles. The lowest BCUT2D eigenvalue weighted by atomic mass is 10.1. The minimum absolute atomic E-state index is 0.144. The van der Waals surface area contributed by atoms with Crippen LogP contribution in [-0.2, 0) is 9.84 Å². The lowest BCUT2D eigenvalue weighted by molar-refractivity contribution is -0.533. The van der Waals surface area contributed by atoms with Gasteiger partial charge in [-0.1, -0.05) is 17.7 Å². The minimum Gasteiger partial charge on any atom is -0.386 e. The van der Waals surface area contributed by atoms with Gasteiger partial charge in [-0.25, -0.2) is 8.42 Å². The molecule has 0 amide bonds. The summed E-state index contributed by atoms with van der Waals surface area (Å²) in [7, 11) is -3.55. The van der Waals surface area contributed by atoms with E-state index in [9.17, 15) is 23.6 Å². The molecule has 0 spiro atoms. The van der Waals surface area contributed by atoms with E-state index < -0.39 is 26.9 Å². The standard InChI is InChI=1S/C12H17NO5S/c1-9-3-5-11(6-4-9)19(17,18)8-7-12(10(2)14)13(15)16/h3-6,10,12,14H,7-8H2,1-2H3. The van der Waals surface area contributed by atoms with Gasteiger partial charge in [-0.05, 0) is 26.0 Å². The third-order valence-electron chi connectivity index (χ3n) is 2.89. The van der Waals surface area contributed by atoms with Crippen molar-refractivity contribution in [3.63, 3.8) is 0 Å². The number of hydrogen-bond acceptors (Lipinski definition) is 5. The summed E-state index contributed by atoms with van der Waals surface area (Å²) in [5, 5.41) is 19.9. The minimum atomic E-state index is -3.55. The van der Waals surface area contributed by atoms with Crippen LogP contribution in [0.4, 0.5) is 0 Å². The van der Waals surface area contributed by atoms with E-state index in [0.29, 0.717) is 0 Å². The Balaban J connectivity index is 2.80. The van der Waals surface area contributed by atoms with E-state index in [2.05, 4.69) is 0 Å². The van der Waals surface area contributed by atoms with E-state index in [1.807, 2.05) is 6.92 Å². The van der Waals surface area contributed by atoms with Crippen molar-refractivity contribution in [2.75, 3.05) is 5.75 Å².